The van der Waals surface area contributed by atoms with Crippen molar-refractivity contribution in [3.05, 3.63) is 12.4 Å². The van der Waals surface area contributed by atoms with Gasteiger partial charge in [-0.1, -0.05) is 0 Å². The number of aliphatic carboxylic acids is 1. The normalized spacial score (nSPS) is 19.6. The third-order valence-electron chi connectivity index (χ3n) is 3.22. The fourth-order valence-electron chi connectivity index (χ4n) is 2.17. The van der Waals surface area contributed by atoms with E-state index in [9.17, 15) is 18.0 Å². The maximum absolute atomic E-state index is 12.4. The summed E-state index contributed by atoms with van der Waals surface area (Å²) in [5.41, 5.74) is 0. The van der Waals surface area contributed by atoms with Crippen LogP contribution in [0, 0.1) is 0 Å². The van der Waals surface area contributed by atoms with E-state index in [0.717, 1.165) is 15.2 Å². The van der Waals surface area contributed by atoms with E-state index in [1.54, 1.807) is 0 Å². The van der Waals surface area contributed by atoms with Gasteiger partial charge in [-0.2, -0.15) is 9.40 Å². The zero-order valence-corrected chi connectivity index (χ0v) is 12.1. The van der Waals surface area contributed by atoms with Gasteiger partial charge in [-0.05, 0) is 12.8 Å². The lowest BCUT2D eigenvalue weighted by Gasteiger charge is -2.19. The molecule has 21 heavy (non-hydrogen) atoms. The Labute approximate surface area is 121 Å². The number of methoxy groups -OCH3 is 1. The summed E-state index contributed by atoms with van der Waals surface area (Å²) < 4.78 is 31.4. The van der Waals surface area contributed by atoms with Crippen molar-refractivity contribution < 1.29 is 27.9 Å². The lowest BCUT2D eigenvalue weighted by atomic mass is 10.2. The van der Waals surface area contributed by atoms with Crippen LogP contribution in [0.1, 0.15) is 12.8 Å². The molecule has 0 amide bonds. The summed E-state index contributed by atoms with van der Waals surface area (Å²) in [7, 11) is -2.72. The molecule has 1 aromatic rings. The number of aromatic nitrogens is 2. The van der Waals surface area contributed by atoms with Crippen LogP contribution >= 0.6 is 0 Å². The molecule has 2 heterocycles. The molecule has 116 valence electrons. The third kappa shape index (κ3) is 3.05. The van der Waals surface area contributed by atoms with E-state index in [1.165, 1.54) is 13.3 Å². The molecule has 0 radical (unpaired) electrons. The number of esters is 1. The summed E-state index contributed by atoms with van der Waals surface area (Å²) in [5, 5.41) is 12.8. The van der Waals surface area contributed by atoms with Crippen molar-refractivity contribution in [3.8, 4) is 0 Å². The minimum atomic E-state index is -3.94. The predicted octanol–water partition coefficient (Wildman–Crippen LogP) is -0.706. The largest absolute Gasteiger partial charge is 0.480 e. The molecule has 1 fully saturated rings. The van der Waals surface area contributed by atoms with E-state index in [-0.39, 0.29) is 24.4 Å². The lowest BCUT2D eigenvalue weighted by Crippen LogP contribution is -2.40. The first-order valence-corrected chi connectivity index (χ1v) is 7.64. The van der Waals surface area contributed by atoms with Crippen molar-refractivity contribution in [2.24, 2.45) is 0 Å². The monoisotopic (exact) mass is 317 g/mol. The standard InChI is InChI=1S/C11H15N3O6S/c1-20-10(15)7-13-6-8(5-12-13)21(18,19)14-4-2-3-9(14)11(16)17/h5-6,9H,2-4,7H2,1H3,(H,16,17)/t9-/m1/s1. The van der Waals surface area contributed by atoms with Crippen LogP contribution in [-0.4, -0.2) is 59.2 Å². The molecule has 2 rings (SSSR count). The van der Waals surface area contributed by atoms with Gasteiger partial charge in [-0.15, -0.1) is 0 Å². The molecule has 0 unspecified atom stereocenters. The predicted molar refractivity (Wildman–Crippen MR) is 68.8 cm³/mol. The molecule has 1 aliphatic rings. The average Bonchev–Trinajstić information content (AvgIpc) is 3.07. The van der Waals surface area contributed by atoms with E-state index in [0.29, 0.717) is 6.42 Å². The number of ether oxygens (including phenoxy) is 1. The third-order valence-corrected chi connectivity index (χ3v) is 5.08. The first-order chi connectivity index (χ1) is 9.86. The van der Waals surface area contributed by atoms with Gasteiger partial charge >= 0.3 is 11.9 Å². The Balaban J connectivity index is 2.24. The minimum Gasteiger partial charge on any atom is -0.480 e. The summed E-state index contributed by atoms with van der Waals surface area (Å²) in [6.07, 6.45) is 3.05. The van der Waals surface area contributed by atoms with Crippen LogP contribution in [0.2, 0.25) is 0 Å². The number of carbonyl (C=O) groups is 2. The molecule has 9 nitrogen and oxygen atoms in total. The topological polar surface area (TPSA) is 119 Å². The van der Waals surface area contributed by atoms with Crippen LogP contribution in [-0.2, 0) is 30.9 Å². The fourth-order valence-corrected chi connectivity index (χ4v) is 3.78. The van der Waals surface area contributed by atoms with Crippen molar-refractivity contribution in [3.63, 3.8) is 0 Å². The molecule has 0 aromatic carbocycles. The first-order valence-electron chi connectivity index (χ1n) is 6.20. The molecule has 0 saturated carbocycles. The lowest BCUT2D eigenvalue weighted by molar-refractivity contribution is -0.142. The number of carboxylic acids is 1. The Kier molecular flexibility index (Phi) is 4.28. The van der Waals surface area contributed by atoms with Gasteiger partial charge in [0.2, 0.25) is 10.0 Å². The number of carboxylic acid groups (broad SMARTS) is 1. The molecule has 0 aliphatic carbocycles. The molecule has 1 atom stereocenters. The van der Waals surface area contributed by atoms with Crippen LogP contribution in [0.15, 0.2) is 17.3 Å². The Hall–Kier alpha value is -1.94. The maximum atomic E-state index is 12.4. The van der Waals surface area contributed by atoms with Gasteiger partial charge in [0.05, 0.1) is 13.3 Å². The second-order valence-electron chi connectivity index (χ2n) is 4.56. The van der Waals surface area contributed by atoms with Gasteiger partial charge in [0.1, 0.15) is 17.5 Å². The van der Waals surface area contributed by atoms with Crippen molar-refractivity contribution in [1.82, 2.24) is 14.1 Å². The molecule has 1 aromatic heterocycles. The van der Waals surface area contributed by atoms with Crippen LogP contribution in [0.3, 0.4) is 0 Å². The number of carbonyl (C=O) groups excluding carboxylic acids is 1. The van der Waals surface area contributed by atoms with Gasteiger partial charge in [0, 0.05) is 12.7 Å². The number of hydrogen-bond donors (Lipinski definition) is 1. The molecule has 1 N–H and O–H groups in total. The molecule has 0 bridgehead atoms. The number of nitrogens with zero attached hydrogens (tertiary/aromatic N) is 3. The maximum Gasteiger partial charge on any atom is 0.327 e. The van der Waals surface area contributed by atoms with Gasteiger partial charge in [-0.3, -0.25) is 14.3 Å². The Morgan fingerprint density at radius 2 is 2.24 bits per heavy atom. The molecular formula is C11H15N3O6S. The van der Waals surface area contributed by atoms with E-state index in [2.05, 4.69) is 9.84 Å². The average molecular weight is 317 g/mol. The zero-order chi connectivity index (χ0) is 15.6. The van der Waals surface area contributed by atoms with Crippen molar-refractivity contribution in [2.75, 3.05) is 13.7 Å². The van der Waals surface area contributed by atoms with Gasteiger partial charge in [0.15, 0.2) is 0 Å². The Morgan fingerprint density at radius 3 is 2.86 bits per heavy atom. The van der Waals surface area contributed by atoms with E-state index in [4.69, 9.17) is 5.11 Å². The number of rotatable bonds is 5. The summed E-state index contributed by atoms with van der Waals surface area (Å²) in [4.78, 5) is 22.1. The summed E-state index contributed by atoms with van der Waals surface area (Å²) in [6.45, 7) is -0.0597. The van der Waals surface area contributed by atoms with Crippen LogP contribution in [0.25, 0.3) is 0 Å². The minimum absolute atomic E-state index is 0.139. The Morgan fingerprint density at radius 1 is 1.52 bits per heavy atom. The number of hydrogen-bond acceptors (Lipinski definition) is 6. The molecule has 0 spiro atoms. The second-order valence-corrected chi connectivity index (χ2v) is 6.45. The van der Waals surface area contributed by atoms with E-state index in [1.807, 2.05) is 0 Å². The summed E-state index contributed by atoms with van der Waals surface area (Å²) in [6, 6.07) is -1.06. The number of sulfonamides is 1. The highest BCUT2D eigenvalue weighted by molar-refractivity contribution is 7.89. The first kappa shape index (κ1) is 15.4. The second kappa shape index (κ2) is 5.82. The van der Waals surface area contributed by atoms with Crippen molar-refractivity contribution in [1.29, 1.82) is 0 Å². The highest BCUT2D eigenvalue weighted by atomic mass is 32.2. The zero-order valence-electron chi connectivity index (χ0n) is 11.3. The van der Waals surface area contributed by atoms with Gasteiger partial charge in [0.25, 0.3) is 0 Å². The van der Waals surface area contributed by atoms with Crippen LogP contribution < -0.4 is 0 Å². The fraction of sp³-hybridized carbons (Fsp3) is 0.545. The van der Waals surface area contributed by atoms with E-state index >= 15 is 0 Å². The van der Waals surface area contributed by atoms with Crippen molar-refractivity contribution >= 4 is 22.0 Å². The summed E-state index contributed by atoms with van der Waals surface area (Å²) >= 11 is 0. The van der Waals surface area contributed by atoms with Crippen molar-refractivity contribution in [2.45, 2.75) is 30.3 Å². The van der Waals surface area contributed by atoms with Crippen LogP contribution in [0.5, 0.6) is 0 Å². The highest BCUT2D eigenvalue weighted by Crippen LogP contribution is 2.25. The van der Waals surface area contributed by atoms with E-state index < -0.39 is 28.0 Å². The SMILES string of the molecule is COC(=O)Cn1cc(S(=O)(=O)N2CCC[C@@H]2C(=O)O)cn1. The molecule has 1 saturated heterocycles. The van der Waals surface area contributed by atoms with Gasteiger partial charge < -0.3 is 9.84 Å². The van der Waals surface area contributed by atoms with Crippen LogP contribution in [0.4, 0.5) is 0 Å². The quantitative estimate of drug-likeness (QED) is 0.713. The Bertz CT molecular complexity index is 653. The summed E-state index contributed by atoms with van der Waals surface area (Å²) in [5.74, 6) is -1.73. The molecule has 10 heteroatoms. The molecular weight excluding hydrogens is 302 g/mol. The smallest absolute Gasteiger partial charge is 0.327 e. The highest BCUT2D eigenvalue weighted by Gasteiger charge is 2.40. The molecule has 1 aliphatic heterocycles. The van der Waals surface area contributed by atoms with Gasteiger partial charge in [-0.25, -0.2) is 8.42 Å².